The van der Waals surface area contributed by atoms with Gasteiger partial charge >= 0.3 is 5.97 Å². The number of aliphatic carboxylic acids is 1. The maximum atomic E-state index is 13.6. The van der Waals surface area contributed by atoms with Gasteiger partial charge in [0.15, 0.2) is 0 Å². The number of aromatic hydroxyl groups is 2. The monoisotopic (exact) mass is 585 g/mol. The van der Waals surface area contributed by atoms with Crippen LogP contribution in [0.1, 0.15) is 50.7 Å². The van der Waals surface area contributed by atoms with Crippen LogP contribution >= 0.6 is 0 Å². The molecule has 2 aromatic carbocycles. The molecule has 0 bridgehead atoms. The van der Waals surface area contributed by atoms with Crippen LogP contribution in [0.3, 0.4) is 0 Å². The summed E-state index contributed by atoms with van der Waals surface area (Å²) in [5, 5.41) is 36.8. The van der Waals surface area contributed by atoms with Crippen LogP contribution in [0.15, 0.2) is 48.5 Å². The largest absolute Gasteiger partial charge is 0.508 e. The summed E-state index contributed by atoms with van der Waals surface area (Å²) in [5.74, 6) is -2.96. The number of nitrogens with two attached hydrogens (primary N) is 2. The van der Waals surface area contributed by atoms with Gasteiger partial charge in [0.1, 0.15) is 29.6 Å². The van der Waals surface area contributed by atoms with E-state index in [1.165, 1.54) is 24.3 Å². The highest BCUT2D eigenvalue weighted by atomic mass is 16.4. The smallest absolute Gasteiger partial charge is 0.326 e. The lowest BCUT2D eigenvalue weighted by Crippen LogP contribution is -2.58. The number of amides is 3. The molecule has 0 saturated carbocycles. The molecule has 0 aliphatic heterocycles. The first-order valence-corrected chi connectivity index (χ1v) is 14.0. The van der Waals surface area contributed by atoms with E-state index in [1.807, 2.05) is 13.8 Å². The van der Waals surface area contributed by atoms with Gasteiger partial charge in [0, 0.05) is 12.8 Å². The average molecular weight is 586 g/mol. The average Bonchev–Trinajstić information content (AvgIpc) is 2.93. The first-order chi connectivity index (χ1) is 19.9. The Kier molecular flexibility index (Phi) is 13.7. The van der Waals surface area contributed by atoms with Crippen molar-refractivity contribution in [1.82, 2.24) is 16.0 Å². The van der Waals surface area contributed by atoms with E-state index in [0.29, 0.717) is 36.9 Å². The topological polar surface area (TPSA) is 217 Å². The third kappa shape index (κ3) is 11.8. The Morgan fingerprint density at radius 1 is 0.714 bits per heavy atom. The molecule has 10 N–H and O–H groups in total. The van der Waals surface area contributed by atoms with Gasteiger partial charge in [-0.3, -0.25) is 14.4 Å². The van der Waals surface area contributed by atoms with E-state index < -0.39 is 47.9 Å². The number of unbranched alkanes of at least 4 members (excludes halogenated alkanes) is 1. The lowest BCUT2D eigenvalue weighted by atomic mass is 10.00. The molecule has 0 aromatic heterocycles. The summed E-state index contributed by atoms with van der Waals surface area (Å²) in [7, 11) is 0. The third-order valence-corrected chi connectivity index (χ3v) is 6.64. The molecular formula is C30H43N5O7. The van der Waals surface area contributed by atoms with Crippen LogP contribution in [0.5, 0.6) is 11.5 Å². The molecule has 42 heavy (non-hydrogen) atoms. The van der Waals surface area contributed by atoms with E-state index in [1.54, 1.807) is 24.3 Å². The molecule has 230 valence electrons. The van der Waals surface area contributed by atoms with Gasteiger partial charge in [0.05, 0.1) is 6.04 Å². The minimum absolute atomic E-state index is 0.0142. The molecule has 0 radical (unpaired) electrons. The number of phenolic OH excluding ortho intramolecular Hbond substituents is 2. The minimum Gasteiger partial charge on any atom is -0.508 e. The predicted octanol–water partition coefficient (Wildman–Crippen LogP) is 0.924. The summed E-state index contributed by atoms with van der Waals surface area (Å²) in [4.78, 5) is 51.7. The normalized spacial score (nSPS) is 13.9. The van der Waals surface area contributed by atoms with Crippen molar-refractivity contribution >= 4 is 23.7 Å². The lowest BCUT2D eigenvalue weighted by molar-refractivity contribution is -0.142. The van der Waals surface area contributed by atoms with Crippen LogP contribution in [-0.2, 0) is 32.0 Å². The van der Waals surface area contributed by atoms with E-state index in [0.717, 1.165) is 0 Å². The van der Waals surface area contributed by atoms with Gasteiger partial charge in [-0.25, -0.2) is 4.79 Å². The van der Waals surface area contributed by atoms with Crippen molar-refractivity contribution in [3.8, 4) is 11.5 Å². The SMILES string of the molecule is CC(C)CC(N)C(=O)NC(Cc1ccc(O)cc1)C(=O)NC(Cc1ccc(O)cc1)C(=O)NC(CCCCN)C(=O)O. The van der Waals surface area contributed by atoms with Crippen LogP contribution in [0.2, 0.25) is 0 Å². The number of carboxylic acid groups (broad SMARTS) is 1. The summed E-state index contributed by atoms with van der Waals surface area (Å²) >= 11 is 0. The van der Waals surface area contributed by atoms with Gasteiger partial charge < -0.3 is 42.7 Å². The van der Waals surface area contributed by atoms with Gasteiger partial charge in [0.2, 0.25) is 17.7 Å². The number of hydrogen-bond donors (Lipinski definition) is 8. The molecule has 12 heteroatoms. The Morgan fingerprint density at radius 2 is 1.14 bits per heavy atom. The standard InChI is InChI=1S/C30H43N5O7/c1-18(2)15-23(32)27(38)34-25(16-19-6-10-21(36)11-7-19)29(40)35-26(17-20-8-12-22(37)13-9-20)28(39)33-24(30(41)42)5-3-4-14-31/h6-13,18,23-26,36-37H,3-5,14-17,31-32H2,1-2H3,(H,33,39)(H,34,38)(H,35,40)(H,41,42). The quantitative estimate of drug-likeness (QED) is 0.124. The Bertz CT molecular complexity index is 1170. The van der Waals surface area contributed by atoms with Crippen LogP contribution in [0.4, 0.5) is 0 Å². The van der Waals surface area contributed by atoms with Crippen LogP contribution in [-0.4, -0.2) is 69.7 Å². The molecule has 4 unspecified atom stereocenters. The van der Waals surface area contributed by atoms with E-state index >= 15 is 0 Å². The Balaban J connectivity index is 2.32. The van der Waals surface area contributed by atoms with Crippen molar-refractivity contribution in [3.05, 3.63) is 59.7 Å². The summed E-state index contributed by atoms with van der Waals surface area (Å²) in [6.45, 7) is 4.22. The highest BCUT2D eigenvalue weighted by Crippen LogP contribution is 2.14. The zero-order valence-electron chi connectivity index (χ0n) is 24.1. The second kappa shape index (κ2) is 16.9. The van der Waals surface area contributed by atoms with Crippen molar-refractivity contribution in [2.45, 2.75) is 76.5 Å². The first-order valence-electron chi connectivity index (χ1n) is 14.0. The van der Waals surface area contributed by atoms with Gasteiger partial charge in [0.25, 0.3) is 0 Å². The zero-order chi connectivity index (χ0) is 31.2. The molecule has 2 aromatic rings. The third-order valence-electron chi connectivity index (χ3n) is 6.64. The van der Waals surface area contributed by atoms with Crippen molar-refractivity contribution < 1.29 is 34.5 Å². The molecule has 2 rings (SSSR count). The van der Waals surface area contributed by atoms with Crippen LogP contribution in [0.25, 0.3) is 0 Å². The zero-order valence-corrected chi connectivity index (χ0v) is 24.1. The number of carbonyl (C=O) groups is 4. The van der Waals surface area contributed by atoms with Gasteiger partial charge in [-0.05, 0) is 73.5 Å². The summed E-state index contributed by atoms with van der Waals surface area (Å²) < 4.78 is 0. The molecule has 0 aliphatic rings. The van der Waals surface area contributed by atoms with Gasteiger partial charge in [-0.15, -0.1) is 0 Å². The highest BCUT2D eigenvalue weighted by molar-refractivity contribution is 5.94. The number of carboxylic acids is 1. The molecule has 0 heterocycles. The molecule has 3 amide bonds. The summed E-state index contributed by atoms with van der Waals surface area (Å²) in [6.07, 6.45) is 1.65. The molecule has 4 atom stereocenters. The number of benzene rings is 2. The highest BCUT2D eigenvalue weighted by Gasteiger charge is 2.31. The maximum Gasteiger partial charge on any atom is 0.326 e. The molecule has 0 spiro atoms. The van der Waals surface area contributed by atoms with Crippen molar-refractivity contribution in [1.29, 1.82) is 0 Å². The molecule has 12 nitrogen and oxygen atoms in total. The molecular weight excluding hydrogens is 542 g/mol. The number of nitrogens with one attached hydrogen (secondary N) is 3. The molecule has 0 aliphatic carbocycles. The first kappa shape index (κ1) is 34.0. The van der Waals surface area contributed by atoms with Crippen molar-refractivity contribution in [2.75, 3.05) is 6.54 Å². The fourth-order valence-corrected chi connectivity index (χ4v) is 4.34. The minimum atomic E-state index is -1.22. The van der Waals surface area contributed by atoms with E-state index in [9.17, 15) is 34.5 Å². The number of phenols is 2. The fourth-order valence-electron chi connectivity index (χ4n) is 4.34. The van der Waals surface area contributed by atoms with E-state index in [-0.39, 0.29) is 36.7 Å². The Labute approximate surface area is 245 Å². The lowest BCUT2D eigenvalue weighted by Gasteiger charge is -2.26. The molecule has 0 saturated heterocycles. The van der Waals surface area contributed by atoms with Crippen molar-refractivity contribution in [2.24, 2.45) is 17.4 Å². The number of carbonyl (C=O) groups excluding carboxylic acids is 3. The Morgan fingerprint density at radius 3 is 1.55 bits per heavy atom. The van der Waals surface area contributed by atoms with Crippen LogP contribution in [0, 0.1) is 5.92 Å². The molecule has 0 fully saturated rings. The fraction of sp³-hybridized carbons (Fsp3) is 0.467. The summed E-state index contributed by atoms with van der Waals surface area (Å²) in [6, 6.07) is 7.76. The van der Waals surface area contributed by atoms with E-state index in [2.05, 4.69) is 16.0 Å². The second-order valence-electron chi connectivity index (χ2n) is 10.8. The second-order valence-corrected chi connectivity index (χ2v) is 10.8. The van der Waals surface area contributed by atoms with E-state index in [4.69, 9.17) is 11.5 Å². The van der Waals surface area contributed by atoms with Gasteiger partial charge in [-0.1, -0.05) is 38.1 Å². The van der Waals surface area contributed by atoms with Crippen LogP contribution < -0.4 is 27.4 Å². The number of rotatable bonds is 17. The Hall–Kier alpha value is -4.16. The maximum absolute atomic E-state index is 13.6. The summed E-state index contributed by atoms with van der Waals surface area (Å²) in [5.41, 5.74) is 12.8. The van der Waals surface area contributed by atoms with Crippen molar-refractivity contribution in [3.63, 3.8) is 0 Å². The van der Waals surface area contributed by atoms with Gasteiger partial charge in [-0.2, -0.15) is 0 Å². The number of hydrogen-bond acceptors (Lipinski definition) is 8. The predicted molar refractivity (Wildman–Crippen MR) is 157 cm³/mol.